The van der Waals surface area contributed by atoms with Crippen LogP contribution in [0.15, 0.2) is 48.7 Å². The number of anilines is 2. The fourth-order valence-electron chi connectivity index (χ4n) is 3.29. The predicted molar refractivity (Wildman–Crippen MR) is 99.8 cm³/mol. The van der Waals surface area contributed by atoms with E-state index in [1.807, 2.05) is 0 Å². The van der Waals surface area contributed by atoms with Crippen molar-refractivity contribution in [3.05, 3.63) is 65.6 Å². The molecule has 0 saturated carbocycles. The molecule has 0 saturated heterocycles. The lowest BCUT2D eigenvalue weighted by Crippen LogP contribution is -2.08. The summed E-state index contributed by atoms with van der Waals surface area (Å²) in [5.74, 6) is 1.23. The molecule has 0 bridgehead atoms. The molecule has 3 nitrogen and oxygen atoms in total. The first-order valence-electron chi connectivity index (χ1n) is 8.70. The molecule has 24 heavy (non-hydrogen) atoms. The highest BCUT2D eigenvalue weighted by atomic mass is 15.1. The normalized spacial score (nSPS) is 13.6. The summed E-state index contributed by atoms with van der Waals surface area (Å²) in [5, 5.41) is 3.51. The molecule has 3 heteroatoms. The van der Waals surface area contributed by atoms with E-state index in [0.29, 0.717) is 0 Å². The van der Waals surface area contributed by atoms with E-state index in [1.54, 1.807) is 0 Å². The lowest BCUT2D eigenvalue weighted by molar-refractivity contribution is 0.522. The van der Waals surface area contributed by atoms with Crippen molar-refractivity contribution < 1.29 is 0 Å². The van der Waals surface area contributed by atoms with Crippen LogP contribution in [0.3, 0.4) is 0 Å². The third kappa shape index (κ3) is 2.94. The van der Waals surface area contributed by atoms with Gasteiger partial charge >= 0.3 is 0 Å². The second-order valence-electron chi connectivity index (χ2n) is 6.70. The van der Waals surface area contributed by atoms with E-state index in [9.17, 15) is 0 Å². The smallest absolute Gasteiger partial charge is 0.109 e. The second-order valence-corrected chi connectivity index (χ2v) is 6.70. The van der Waals surface area contributed by atoms with E-state index < -0.39 is 0 Å². The molecule has 1 aromatic heterocycles. The van der Waals surface area contributed by atoms with E-state index in [2.05, 4.69) is 72.4 Å². The molecule has 0 fully saturated rings. The Labute approximate surface area is 143 Å². The Morgan fingerprint density at radius 3 is 2.67 bits per heavy atom. The molecule has 3 aromatic rings. The quantitative estimate of drug-likeness (QED) is 0.715. The van der Waals surface area contributed by atoms with E-state index >= 15 is 0 Å². The van der Waals surface area contributed by atoms with Gasteiger partial charge < -0.3 is 9.88 Å². The minimum Gasteiger partial charge on any atom is -0.356 e. The summed E-state index contributed by atoms with van der Waals surface area (Å²) in [6, 6.07) is 15.0. The van der Waals surface area contributed by atoms with Gasteiger partial charge in [0.25, 0.3) is 0 Å². The van der Waals surface area contributed by atoms with Gasteiger partial charge in [-0.15, -0.1) is 0 Å². The first-order valence-corrected chi connectivity index (χ1v) is 8.70. The van der Waals surface area contributed by atoms with Crippen molar-refractivity contribution >= 4 is 11.4 Å². The molecule has 122 valence electrons. The summed E-state index contributed by atoms with van der Waals surface area (Å²) in [5.41, 5.74) is 7.10. The molecular weight excluding hydrogens is 294 g/mol. The molecule has 0 amide bonds. The predicted octanol–water partition coefficient (Wildman–Crippen LogP) is 5.25. The Hall–Kier alpha value is -2.55. The average molecular weight is 317 g/mol. The van der Waals surface area contributed by atoms with Crippen LogP contribution in [0.4, 0.5) is 11.4 Å². The number of imidazole rings is 1. The fraction of sp³-hybridized carbons (Fsp3) is 0.286. The topological polar surface area (TPSA) is 29.9 Å². The summed E-state index contributed by atoms with van der Waals surface area (Å²) in [6.07, 6.45) is 5.81. The van der Waals surface area contributed by atoms with Gasteiger partial charge in [0, 0.05) is 36.1 Å². The van der Waals surface area contributed by atoms with Crippen molar-refractivity contribution in [2.24, 2.45) is 0 Å². The maximum atomic E-state index is 4.83. The van der Waals surface area contributed by atoms with Gasteiger partial charge in [-0.3, -0.25) is 0 Å². The van der Waals surface area contributed by atoms with Gasteiger partial charge in [-0.25, -0.2) is 4.98 Å². The van der Waals surface area contributed by atoms with E-state index in [4.69, 9.17) is 4.98 Å². The van der Waals surface area contributed by atoms with Crippen LogP contribution in [0.1, 0.15) is 29.8 Å². The molecule has 0 aliphatic carbocycles. The number of aromatic nitrogens is 2. The summed E-state index contributed by atoms with van der Waals surface area (Å²) in [7, 11) is 0. The second kappa shape index (κ2) is 6.16. The Morgan fingerprint density at radius 2 is 1.83 bits per heavy atom. The summed E-state index contributed by atoms with van der Waals surface area (Å²) >= 11 is 0. The monoisotopic (exact) mass is 317 g/mol. The van der Waals surface area contributed by atoms with Crippen LogP contribution in [-0.2, 0) is 13.0 Å². The third-order valence-electron chi connectivity index (χ3n) is 4.86. The first-order chi connectivity index (χ1) is 11.7. The van der Waals surface area contributed by atoms with E-state index in [1.165, 1.54) is 35.4 Å². The zero-order valence-electron chi connectivity index (χ0n) is 14.3. The third-order valence-corrected chi connectivity index (χ3v) is 4.86. The van der Waals surface area contributed by atoms with Gasteiger partial charge in [-0.1, -0.05) is 18.2 Å². The maximum Gasteiger partial charge on any atom is 0.109 e. The van der Waals surface area contributed by atoms with Crippen molar-refractivity contribution in [2.45, 2.75) is 39.7 Å². The Bertz CT molecular complexity index is 853. The molecular formula is C21H23N3. The van der Waals surface area contributed by atoms with Crippen LogP contribution >= 0.6 is 0 Å². The molecule has 4 rings (SSSR count). The van der Waals surface area contributed by atoms with Crippen LogP contribution in [0.25, 0.3) is 11.3 Å². The number of nitrogens with one attached hydrogen (secondary N) is 1. The number of aryl methyl sites for hydroxylation is 4. The molecule has 0 spiro atoms. The summed E-state index contributed by atoms with van der Waals surface area (Å²) in [4.78, 5) is 4.83. The largest absolute Gasteiger partial charge is 0.356 e. The zero-order valence-corrected chi connectivity index (χ0v) is 14.3. The standard InChI is InChI=1S/C21H23N3/c1-15-9-10-19(12-16(15)2)22-18-7-5-6-17(13-18)20-14-24-11-4-3-8-21(24)23-20/h5-7,9-10,12-14,22H,3-4,8,11H2,1-2H3. The Morgan fingerprint density at radius 1 is 0.958 bits per heavy atom. The van der Waals surface area contributed by atoms with E-state index in [-0.39, 0.29) is 0 Å². The highest BCUT2D eigenvalue weighted by Crippen LogP contribution is 2.26. The number of benzene rings is 2. The molecule has 1 aliphatic rings. The lowest BCUT2D eigenvalue weighted by Gasteiger charge is -2.11. The highest BCUT2D eigenvalue weighted by molar-refractivity contribution is 5.69. The lowest BCUT2D eigenvalue weighted by atomic mass is 10.1. The minimum absolute atomic E-state index is 1.08. The molecule has 2 aromatic carbocycles. The van der Waals surface area contributed by atoms with Crippen LogP contribution < -0.4 is 5.32 Å². The molecule has 0 unspecified atom stereocenters. The Kier molecular flexibility index (Phi) is 3.85. The first kappa shape index (κ1) is 15.0. The minimum atomic E-state index is 1.08. The fourth-order valence-corrected chi connectivity index (χ4v) is 3.29. The van der Waals surface area contributed by atoms with Crippen LogP contribution in [0.5, 0.6) is 0 Å². The molecule has 1 N–H and O–H groups in total. The van der Waals surface area contributed by atoms with Crippen LogP contribution in [0, 0.1) is 13.8 Å². The number of hydrogen-bond acceptors (Lipinski definition) is 2. The number of rotatable bonds is 3. The molecule has 2 heterocycles. The molecule has 0 radical (unpaired) electrons. The van der Waals surface area contributed by atoms with Crippen LogP contribution in [0.2, 0.25) is 0 Å². The number of fused-ring (bicyclic) bond motifs is 1. The van der Waals surface area contributed by atoms with E-state index in [0.717, 1.165) is 30.0 Å². The van der Waals surface area contributed by atoms with Gasteiger partial charge in [-0.2, -0.15) is 0 Å². The average Bonchev–Trinajstić information content (AvgIpc) is 3.03. The summed E-state index contributed by atoms with van der Waals surface area (Å²) in [6.45, 7) is 5.38. The van der Waals surface area contributed by atoms with Gasteiger partial charge in [0.1, 0.15) is 5.82 Å². The van der Waals surface area contributed by atoms with Crippen molar-refractivity contribution in [1.29, 1.82) is 0 Å². The maximum absolute atomic E-state index is 4.83. The van der Waals surface area contributed by atoms with Gasteiger partial charge in [0.15, 0.2) is 0 Å². The molecule has 0 atom stereocenters. The number of hydrogen-bond donors (Lipinski definition) is 1. The van der Waals surface area contributed by atoms with Crippen molar-refractivity contribution in [3.63, 3.8) is 0 Å². The van der Waals surface area contributed by atoms with Gasteiger partial charge in [0.2, 0.25) is 0 Å². The van der Waals surface area contributed by atoms with Gasteiger partial charge in [-0.05, 0) is 62.1 Å². The summed E-state index contributed by atoms with van der Waals surface area (Å²) < 4.78 is 2.31. The van der Waals surface area contributed by atoms with Crippen molar-refractivity contribution in [3.8, 4) is 11.3 Å². The highest BCUT2D eigenvalue weighted by Gasteiger charge is 2.13. The Balaban J connectivity index is 1.61. The van der Waals surface area contributed by atoms with Crippen LogP contribution in [-0.4, -0.2) is 9.55 Å². The van der Waals surface area contributed by atoms with Crippen molar-refractivity contribution in [1.82, 2.24) is 9.55 Å². The van der Waals surface area contributed by atoms with Crippen molar-refractivity contribution in [2.75, 3.05) is 5.32 Å². The SMILES string of the molecule is Cc1ccc(Nc2cccc(-c3cn4c(n3)CCCC4)c2)cc1C. The zero-order chi connectivity index (χ0) is 16.5. The van der Waals surface area contributed by atoms with Gasteiger partial charge in [0.05, 0.1) is 5.69 Å². The number of nitrogens with zero attached hydrogens (tertiary/aromatic N) is 2. The molecule has 1 aliphatic heterocycles.